The second kappa shape index (κ2) is 4.45. The number of nitrogens with one attached hydrogen (secondary N) is 1. The van der Waals surface area contributed by atoms with Crippen LogP contribution in [0.15, 0.2) is 6.20 Å². The van der Waals surface area contributed by atoms with E-state index in [0.717, 1.165) is 24.2 Å². The zero-order valence-corrected chi connectivity index (χ0v) is 10.5. The largest absolute Gasteiger partial charge is 0.379 e. The maximum atomic E-state index is 5.73. The Bertz CT molecular complexity index is 351. The molecule has 2 heterocycles. The van der Waals surface area contributed by atoms with Crippen LogP contribution in [0.5, 0.6) is 0 Å². The van der Waals surface area contributed by atoms with Crippen LogP contribution in [0.3, 0.4) is 0 Å². The van der Waals surface area contributed by atoms with Crippen LogP contribution in [0, 0.1) is 6.92 Å². The van der Waals surface area contributed by atoms with Gasteiger partial charge in [-0.2, -0.15) is 5.10 Å². The zero-order valence-electron chi connectivity index (χ0n) is 10.5. The summed E-state index contributed by atoms with van der Waals surface area (Å²) in [6.45, 7) is 6.31. The number of hydrogen-bond acceptors (Lipinski definition) is 3. The third-order valence-corrected chi connectivity index (χ3v) is 3.07. The van der Waals surface area contributed by atoms with Crippen molar-refractivity contribution in [1.82, 2.24) is 9.78 Å². The third-order valence-electron chi connectivity index (χ3n) is 3.07. The van der Waals surface area contributed by atoms with Gasteiger partial charge in [0.1, 0.15) is 0 Å². The van der Waals surface area contributed by atoms with E-state index in [1.165, 1.54) is 0 Å². The van der Waals surface area contributed by atoms with Crippen molar-refractivity contribution in [3.05, 3.63) is 11.9 Å². The Morgan fingerprint density at radius 3 is 2.50 bits per heavy atom. The molecule has 0 bridgehead atoms. The first-order chi connectivity index (χ1) is 7.54. The molecule has 1 fully saturated rings. The molecule has 16 heavy (non-hydrogen) atoms. The molecule has 0 saturated carbocycles. The molecule has 1 aromatic heterocycles. The van der Waals surface area contributed by atoms with Crippen LogP contribution in [-0.2, 0) is 11.8 Å². The molecule has 1 aromatic rings. The topological polar surface area (TPSA) is 39.1 Å². The minimum Gasteiger partial charge on any atom is -0.379 e. The maximum Gasteiger partial charge on any atom is 0.0825 e. The number of anilines is 1. The number of aryl methyl sites for hydroxylation is 2. The van der Waals surface area contributed by atoms with E-state index in [4.69, 9.17) is 4.74 Å². The van der Waals surface area contributed by atoms with E-state index in [1.807, 2.05) is 24.9 Å². The van der Waals surface area contributed by atoms with Gasteiger partial charge in [-0.25, -0.2) is 0 Å². The molecule has 4 heteroatoms. The van der Waals surface area contributed by atoms with Crippen molar-refractivity contribution < 1.29 is 4.74 Å². The van der Waals surface area contributed by atoms with E-state index >= 15 is 0 Å². The van der Waals surface area contributed by atoms with E-state index in [-0.39, 0.29) is 0 Å². The van der Waals surface area contributed by atoms with Crippen LogP contribution in [0.4, 0.5) is 5.69 Å². The number of nitrogens with zero attached hydrogens (tertiary/aromatic N) is 2. The predicted octanol–water partition coefficient (Wildman–Crippen LogP) is 2.10. The number of ether oxygens (including phenoxy) is 1. The van der Waals surface area contributed by atoms with E-state index in [2.05, 4.69) is 24.3 Å². The van der Waals surface area contributed by atoms with E-state index < -0.39 is 0 Å². The summed E-state index contributed by atoms with van der Waals surface area (Å²) >= 11 is 0. The van der Waals surface area contributed by atoms with Crippen molar-refractivity contribution in [2.24, 2.45) is 7.05 Å². The standard InChI is InChI=1S/C12H21N3O/c1-8-5-11(6-9(2)16-8)13-12-7-15(4)14-10(12)3/h7-9,11,13H,5-6H2,1-4H3. The maximum absolute atomic E-state index is 5.73. The first kappa shape index (κ1) is 11.5. The average Bonchev–Trinajstić information content (AvgIpc) is 2.43. The Morgan fingerprint density at radius 2 is 2.00 bits per heavy atom. The summed E-state index contributed by atoms with van der Waals surface area (Å²) in [5.41, 5.74) is 2.21. The van der Waals surface area contributed by atoms with Crippen molar-refractivity contribution in [3.63, 3.8) is 0 Å². The highest BCUT2D eigenvalue weighted by Crippen LogP contribution is 2.23. The Labute approximate surface area is 97.0 Å². The van der Waals surface area contributed by atoms with Crippen molar-refractivity contribution in [2.75, 3.05) is 5.32 Å². The molecule has 1 aliphatic rings. The van der Waals surface area contributed by atoms with Crippen molar-refractivity contribution >= 4 is 5.69 Å². The summed E-state index contributed by atoms with van der Waals surface area (Å²) in [6.07, 6.45) is 4.87. The first-order valence-electron chi connectivity index (χ1n) is 5.97. The lowest BCUT2D eigenvalue weighted by Gasteiger charge is -2.32. The Hall–Kier alpha value is -1.03. The average molecular weight is 223 g/mol. The minimum absolute atomic E-state index is 0.346. The van der Waals surface area contributed by atoms with Crippen molar-refractivity contribution in [3.8, 4) is 0 Å². The van der Waals surface area contributed by atoms with Gasteiger partial charge >= 0.3 is 0 Å². The molecule has 2 atom stereocenters. The van der Waals surface area contributed by atoms with Gasteiger partial charge < -0.3 is 10.1 Å². The minimum atomic E-state index is 0.346. The SMILES string of the molecule is Cc1nn(C)cc1NC1CC(C)OC(C)C1. The van der Waals surface area contributed by atoms with E-state index in [9.17, 15) is 0 Å². The molecule has 90 valence electrons. The van der Waals surface area contributed by atoms with Gasteiger partial charge in [0.2, 0.25) is 0 Å². The quantitative estimate of drug-likeness (QED) is 0.834. The highest BCUT2D eigenvalue weighted by Gasteiger charge is 2.24. The number of rotatable bonds is 2. The summed E-state index contributed by atoms with van der Waals surface area (Å²) < 4.78 is 7.58. The van der Waals surface area contributed by atoms with Crippen LogP contribution in [0.1, 0.15) is 32.4 Å². The Morgan fingerprint density at radius 1 is 1.38 bits per heavy atom. The van der Waals surface area contributed by atoms with Crippen molar-refractivity contribution in [2.45, 2.75) is 51.9 Å². The lowest BCUT2D eigenvalue weighted by molar-refractivity contribution is -0.0337. The summed E-state index contributed by atoms with van der Waals surface area (Å²) in [4.78, 5) is 0. The molecule has 0 spiro atoms. The highest BCUT2D eigenvalue weighted by atomic mass is 16.5. The van der Waals surface area contributed by atoms with Crippen LogP contribution in [-0.4, -0.2) is 28.0 Å². The molecule has 0 aliphatic carbocycles. The van der Waals surface area contributed by atoms with Gasteiger partial charge in [-0.15, -0.1) is 0 Å². The molecule has 1 N–H and O–H groups in total. The lowest BCUT2D eigenvalue weighted by atomic mass is 9.99. The van der Waals surface area contributed by atoms with Gasteiger partial charge in [-0.05, 0) is 33.6 Å². The molecule has 1 aliphatic heterocycles. The van der Waals surface area contributed by atoms with Crippen LogP contribution in [0.2, 0.25) is 0 Å². The monoisotopic (exact) mass is 223 g/mol. The third kappa shape index (κ3) is 2.55. The van der Waals surface area contributed by atoms with Crippen LogP contribution < -0.4 is 5.32 Å². The predicted molar refractivity (Wildman–Crippen MR) is 64.6 cm³/mol. The fraction of sp³-hybridized carbons (Fsp3) is 0.750. The van der Waals surface area contributed by atoms with Gasteiger partial charge in [0.15, 0.2) is 0 Å². The number of hydrogen-bond donors (Lipinski definition) is 1. The molecule has 0 radical (unpaired) electrons. The van der Waals surface area contributed by atoms with Gasteiger partial charge in [0.25, 0.3) is 0 Å². The number of aromatic nitrogens is 2. The summed E-state index contributed by atoms with van der Waals surface area (Å²) in [5, 5.41) is 7.90. The molecule has 0 aromatic carbocycles. The Kier molecular flexibility index (Phi) is 3.19. The van der Waals surface area contributed by atoms with Crippen LogP contribution >= 0.6 is 0 Å². The van der Waals surface area contributed by atoms with Gasteiger partial charge in [-0.1, -0.05) is 0 Å². The van der Waals surface area contributed by atoms with Gasteiger partial charge in [-0.3, -0.25) is 4.68 Å². The lowest BCUT2D eigenvalue weighted by Crippen LogP contribution is -2.36. The van der Waals surface area contributed by atoms with Gasteiger partial charge in [0.05, 0.1) is 23.6 Å². The first-order valence-corrected chi connectivity index (χ1v) is 5.97. The summed E-state index contributed by atoms with van der Waals surface area (Å²) in [7, 11) is 1.95. The molecule has 1 saturated heterocycles. The van der Waals surface area contributed by atoms with Crippen LogP contribution in [0.25, 0.3) is 0 Å². The molecule has 2 unspecified atom stereocenters. The molecular formula is C12H21N3O. The van der Waals surface area contributed by atoms with E-state index in [1.54, 1.807) is 0 Å². The Balaban J connectivity index is 2.01. The zero-order chi connectivity index (χ0) is 11.7. The molecular weight excluding hydrogens is 202 g/mol. The summed E-state index contributed by atoms with van der Waals surface area (Å²) in [5.74, 6) is 0. The van der Waals surface area contributed by atoms with Gasteiger partial charge in [0, 0.05) is 19.3 Å². The molecule has 4 nitrogen and oxygen atoms in total. The normalized spacial score (nSPS) is 30.4. The fourth-order valence-electron chi connectivity index (χ4n) is 2.48. The molecule has 0 amide bonds. The smallest absolute Gasteiger partial charge is 0.0825 e. The van der Waals surface area contributed by atoms with Crippen molar-refractivity contribution in [1.29, 1.82) is 0 Å². The fourth-order valence-corrected chi connectivity index (χ4v) is 2.48. The summed E-state index contributed by atoms with van der Waals surface area (Å²) in [6, 6.07) is 0.502. The second-order valence-corrected chi connectivity index (χ2v) is 4.87. The highest BCUT2D eigenvalue weighted by molar-refractivity contribution is 5.46. The van der Waals surface area contributed by atoms with E-state index in [0.29, 0.717) is 18.2 Å². The second-order valence-electron chi connectivity index (χ2n) is 4.87. The molecule has 2 rings (SSSR count).